The Kier molecular flexibility index (Phi) is 5.88. The van der Waals surface area contributed by atoms with Gasteiger partial charge in [0.05, 0.1) is 28.8 Å². The van der Waals surface area contributed by atoms with E-state index in [4.69, 9.17) is 9.72 Å². The van der Waals surface area contributed by atoms with Crippen molar-refractivity contribution in [2.24, 2.45) is 7.05 Å². The van der Waals surface area contributed by atoms with Crippen LogP contribution in [-0.2, 0) is 7.05 Å². The molecule has 192 valence electrons. The van der Waals surface area contributed by atoms with Crippen LogP contribution in [0, 0.1) is 12.7 Å². The Bertz CT molecular complexity index is 1780. The highest BCUT2D eigenvalue weighted by atomic mass is 19.1. The van der Waals surface area contributed by atoms with Crippen molar-refractivity contribution in [3.8, 4) is 39.7 Å². The Morgan fingerprint density at radius 3 is 2.74 bits per heavy atom. The highest BCUT2D eigenvalue weighted by Gasteiger charge is 2.17. The summed E-state index contributed by atoms with van der Waals surface area (Å²) in [5.74, 6) is 1.04. The van der Waals surface area contributed by atoms with Gasteiger partial charge in [-0.2, -0.15) is 5.10 Å². The van der Waals surface area contributed by atoms with Gasteiger partial charge in [0.1, 0.15) is 40.9 Å². The molecule has 0 amide bonds. The van der Waals surface area contributed by atoms with Crippen molar-refractivity contribution in [3.05, 3.63) is 66.5 Å². The van der Waals surface area contributed by atoms with E-state index in [2.05, 4.69) is 25.1 Å². The fourth-order valence-electron chi connectivity index (χ4n) is 4.52. The Balaban J connectivity index is 1.41. The van der Waals surface area contributed by atoms with Crippen molar-refractivity contribution >= 4 is 22.1 Å². The van der Waals surface area contributed by atoms with Gasteiger partial charge in [-0.1, -0.05) is 0 Å². The molecule has 9 nitrogen and oxygen atoms in total. The maximum atomic E-state index is 14.6. The van der Waals surface area contributed by atoms with Crippen molar-refractivity contribution < 1.29 is 9.13 Å². The smallest absolute Gasteiger partial charge is 0.138 e. The van der Waals surface area contributed by atoms with E-state index in [1.165, 1.54) is 12.1 Å². The number of nitrogens with one attached hydrogen (secondary N) is 2. The minimum atomic E-state index is -0.358. The molecular formula is C28H27FN8O. The van der Waals surface area contributed by atoms with E-state index < -0.39 is 0 Å². The van der Waals surface area contributed by atoms with Gasteiger partial charge in [0, 0.05) is 31.2 Å². The number of benzene rings is 1. The van der Waals surface area contributed by atoms with Gasteiger partial charge in [-0.05, 0) is 68.5 Å². The largest absolute Gasteiger partial charge is 0.492 e. The average molecular weight is 511 g/mol. The standard InChI is InChI=1S/C28H27FN8O/c1-16-31-15-25(37(16)4)22-5-6-23-26(32-22)27(35-34-23)24-14-21-20(7-8-30-28(21)33-24)17-11-18(29)13-19(12-17)38-10-9-36(2)3/h5-8,11-15H,9-10H2,1-4H3,(H,30,33)(H,34,35). The monoisotopic (exact) mass is 510 g/mol. The molecule has 0 spiro atoms. The number of nitrogens with zero attached hydrogens (tertiary/aromatic N) is 6. The van der Waals surface area contributed by atoms with Gasteiger partial charge < -0.3 is 19.2 Å². The molecular weight excluding hydrogens is 483 g/mol. The van der Waals surface area contributed by atoms with Crippen LogP contribution in [0.4, 0.5) is 4.39 Å². The zero-order valence-corrected chi connectivity index (χ0v) is 21.6. The zero-order chi connectivity index (χ0) is 26.4. The molecule has 0 aliphatic rings. The number of aromatic nitrogens is 7. The molecule has 6 aromatic rings. The van der Waals surface area contributed by atoms with E-state index >= 15 is 0 Å². The number of aromatic amines is 2. The van der Waals surface area contributed by atoms with Crippen molar-refractivity contribution in [3.63, 3.8) is 0 Å². The summed E-state index contributed by atoms with van der Waals surface area (Å²) in [6, 6.07) is 12.5. The number of aryl methyl sites for hydroxylation is 1. The number of imidazole rings is 1. The molecule has 1 aromatic carbocycles. The minimum absolute atomic E-state index is 0.358. The number of rotatable bonds is 7. The molecule has 5 heterocycles. The summed E-state index contributed by atoms with van der Waals surface area (Å²) in [4.78, 5) is 19.2. The van der Waals surface area contributed by atoms with E-state index in [1.807, 2.05) is 74.1 Å². The summed E-state index contributed by atoms with van der Waals surface area (Å²) < 4.78 is 22.4. The molecule has 6 rings (SSSR count). The predicted octanol–water partition coefficient (Wildman–Crippen LogP) is 4.96. The number of likely N-dealkylation sites (N-methyl/N-ethyl adjacent to an activating group) is 1. The van der Waals surface area contributed by atoms with E-state index in [9.17, 15) is 4.39 Å². The summed E-state index contributed by atoms with van der Waals surface area (Å²) in [6.07, 6.45) is 3.53. The number of ether oxygens (including phenoxy) is 1. The van der Waals surface area contributed by atoms with Crippen LogP contribution < -0.4 is 4.74 Å². The fourth-order valence-corrected chi connectivity index (χ4v) is 4.52. The number of hydrogen-bond acceptors (Lipinski definition) is 6. The molecule has 0 aliphatic heterocycles. The van der Waals surface area contributed by atoms with Gasteiger partial charge in [0.25, 0.3) is 0 Å². The minimum Gasteiger partial charge on any atom is -0.492 e. The molecule has 0 bridgehead atoms. The Morgan fingerprint density at radius 1 is 1.08 bits per heavy atom. The van der Waals surface area contributed by atoms with Gasteiger partial charge in [-0.3, -0.25) is 5.10 Å². The molecule has 0 unspecified atom stereocenters. The summed E-state index contributed by atoms with van der Waals surface area (Å²) >= 11 is 0. The van der Waals surface area contributed by atoms with Crippen LogP contribution >= 0.6 is 0 Å². The van der Waals surface area contributed by atoms with Gasteiger partial charge >= 0.3 is 0 Å². The lowest BCUT2D eigenvalue weighted by Crippen LogP contribution is -2.19. The first-order valence-corrected chi connectivity index (χ1v) is 12.3. The molecule has 0 radical (unpaired) electrons. The molecule has 0 aliphatic carbocycles. The number of halogens is 1. The normalized spacial score (nSPS) is 11.7. The van der Waals surface area contributed by atoms with Crippen molar-refractivity contribution in [1.82, 2.24) is 39.6 Å². The number of hydrogen-bond donors (Lipinski definition) is 2. The first-order valence-electron chi connectivity index (χ1n) is 12.3. The van der Waals surface area contributed by atoms with Crippen molar-refractivity contribution in [1.29, 1.82) is 0 Å². The van der Waals surface area contributed by atoms with Crippen LogP contribution in [0.2, 0.25) is 0 Å². The third-order valence-corrected chi connectivity index (χ3v) is 6.67. The highest BCUT2D eigenvalue weighted by molar-refractivity contribution is 5.99. The molecule has 5 aromatic heterocycles. The number of H-pyrrole nitrogens is 2. The lowest BCUT2D eigenvalue weighted by Gasteiger charge is -2.12. The van der Waals surface area contributed by atoms with Crippen LogP contribution in [-0.4, -0.2) is 66.8 Å². The zero-order valence-electron chi connectivity index (χ0n) is 21.6. The second kappa shape index (κ2) is 9.38. The molecule has 0 saturated carbocycles. The molecule has 2 N–H and O–H groups in total. The van der Waals surface area contributed by atoms with E-state index in [0.717, 1.165) is 51.4 Å². The number of fused-ring (bicyclic) bond motifs is 2. The molecule has 10 heteroatoms. The topological polar surface area (TPSA) is 101 Å². The van der Waals surface area contributed by atoms with Gasteiger partial charge in [0.15, 0.2) is 0 Å². The summed E-state index contributed by atoms with van der Waals surface area (Å²) in [7, 11) is 5.91. The molecule has 0 saturated heterocycles. The predicted molar refractivity (Wildman–Crippen MR) is 145 cm³/mol. The second-order valence-corrected chi connectivity index (χ2v) is 9.55. The van der Waals surface area contributed by atoms with E-state index in [1.54, 1.807) is 6.20 Å². The molecule has 0 atom stereocenters. The summed E-state index contributed by atoms with van der Waals surface area (Å²) in [5.41, 5.74) is 6.94. The lowest BCUT2D eigenvalue weighted by molar-refractivity contribution is 0.260. The first-order chi connectivity index (χ1) is 18.4. The third-order valence-electron chi connectivity index (χ3n) is 6.67. The molecule has 0 fully saturated rings. The van der Waals surface area contributed by atoms with E-state index in [-0.39, 0.29) is 5.82 Å². The van der Waals surface area contributed by atoms with Crippen molar-refractivity contribution in [2.75, 3.05) is 27.2 Å². The maximum absolute atomic E-state index is 14.6. The Labute approximate surface area is 218 Å². The number of pyridine rings is 2. The van der Waals surface area contributed by atoms with Crippen LogP contribution in [0.5, 0.6) is 5.75 Å². The third kappa shape index (κ3) is 4.28. The first kappa shape index (κ1) is 23.8. The summed E-state index contributed by atoms with van der Waals surface area (Å²) in [6.45, 7) is 3.16. The Hall–Kier alpha value is -4.57. The summed E-state index contributed by atoms with van der Waals surface area (Å²) in [5, 5.41) is 8.47. The van der Waals surface area contributed by atoms with Gasteiger partial charge in [0.2, 0.25) is 0 Å². The van der Waals surface area contributed by atoms with Crippen LogP contribution in [0.3, 0.4) is 0 Å². The average Bonchev–Trinajstić information content (AvgIpc) is 3.59. The SMILES string of the molecule is Cc1ncc(-c2ccc3[nH]nc(-c4cc5c(-c6cc(F)cc(OCCN(C)C)c6)ccnc5[nH]4)c3n2)n1C. The fraction of sp³-hybridized carbons (Fsp3) is 0.214. The van der Waals surface area contributed by atoms with Gasteiger partial charge in [-0.15, -0.1) is 0 Å². The van der Waals surface area contributed by atoms with Crippen molar-refractivity contribution in [2.45, 2.75) is 6.92 Å². The van der Waals surface area contributed by atoms with Crippen LogP contribution in [0.15, 0.2) is 54.9 Å². The van der Waals surface area contributed by atoms with Gasteiger partial charge in [-0.25, -0.2) is 19.3 Å². The maximum Gasteiger partial charge on any atom is 0.138 e. The quantitative estimate of drug-likeness (QED) is 0.315. The lowest BCUT2D eigenvalue weighted by atomic mass is 10.0. The van der Waals surface area contributed by atoms with E-state index in [0.29, 0.717) is 29.3 Å². The second-order valence-electron chi connectivity index (χ2n) is 9.55. The molecule has 38 heavy (non-hydrogen) atoms. The Morgan fingerprint density at radius 2 is 1.95 bits per heavy atom. The van der Waals surface area contributed by atoms with Crippen LogP contribution in [0.25, 0.3) is 56.0 Å². The highest BCUT2D eigenvalue weighted by Crippen LogP contribution is 2.35. The van der Waals surface area contributed by atoms with Crippen LogP contribution in [0.1, 0.15) is 5.82 Å².